The quantitative estimate of drug-likeness (QED) is 0.669. The Balaban J connectivity index is 1.50. The predicted octanol–water partition coefficient (Wildman–Crippen LogP) is 2.63. The molecule has 0 aliphatic carbocycles. The molecule has 2 aliphatic rings. The van der Waals surface area contributed by atoms with Crippen LogP contribution in [0.4, 0.5) is 5.82 Å². The van der Waals surface area contributed by atoms with Crippen LogP contribution in [0.1, 0.15) is 47.0 Å². The molecule has 2 saturated heterocycles. The van der Waals surface area contributed by atoms with Crippen LogP contribution in [0.3, 0.4) is 0 Å². The van der Waals surface area contributed by atoms with Gasteiger partial charge in [-0.1, -0.05) is 33.8 Å². The summed E-state index contributed by atoms with van der Waals surface area (Å²) in [7, 11) is 0. The van der Waals surface area contributed by atoms with Gasteiger partial charge in [0.15, 0.2) is 0 Å². The van der Waals surface area contributed by atoms with E-state index in [0.717, 1.165) is 64.5 Å². The Labute approximate surface area is 193 Å². The minimum absolute atomic E-state index is 0.0219. The maximum Gasteiger partial charge on any atom is 0.245 e. The van der Waals surface area contributed by atoms with Crippen molar-refractivity contribution < 1.29 is 9.59 Å². The highest BCUT2D eigenvalue weighted by atomic mass is 16.2. The topological polar surface area (TPSA) is 68.8 Å². The number of carbonyl (C=O) groups is 2. The first-order valence-corrected chi connectivity index (χ1v) is 12.3. The molecule has 0 unspecified atom stereocenters. The number of amides is 2. The van der Waals surface area contributed by atoms with E-state index in [1.807, 2.05) is 50.9 Å². The third-order valence-electron chi connectivity index (χ3n) is 6.54. The van der Waals surface area contributed by atoms with Gasteiger partial charge in [0.1, 0.15) is 11.9 Å². The van der Waals surface area contributed by atoms with Crippen LogP contribution in [0.2, 0.25) is 0 Å². The van der Waals surface area contributed by atoms with Crippen molar-refractivity contribution in [2.24, 2.45) is 17.8 Å². The Morgan fingerprint density at radius 2 is 1.84 bits per heavy atom. The molecule has 0 bridgehead atoms. The van der Waals surface area contributed by atoms with E-state index in [4.69, 9.17) is 0 Å². The summed E-state index contributed by atoms with van der Waals surface area (Å²) in [6, 6.07) is 5.64. The molecule has 1 aromatic heterocycles. The molecule has 178 valence electrons. The lowest BCUT2D eigenvalue weighted by molar-refractivity contribution is -0.139. The van der Waals surface area contributed by atoms with Crippen molar-refractivity contribution in [2.45, 2.75) is 53.0 Å². The molecule has 2 aliphatic heterocycles. The molecule has 0 saturated carbocycles. The van der Waals surface area contributed by atoms with Gasteiger partial charge >= 0.3 is 0 Å². The van der Waals surface area contributed by atoms with Crippen molar-refractivity contribution in [3.05, 3.63) is 24.4 Å². The summed E-state index contributed by atoms with van der Waals surface area (Å²) in [5.41, 5.74) is 0. The van der Waals surface area contributed by atoms with Gasteiger partial charge in [-0.05, 0) is 42.7 Å². The molecule has 32 heavy (non-hydrogen) atoms. The molecule has 2 atom stereocenters. The number of piperazine rings is 1. The highest BCUT2D eigenvalue weighted by Gasteiger charge is 2.32. The fraction of sp³-hybridized carbons (Fsp3) is 0.720. The van der Waals surface area contributed by atoms with E-state index in [1.165, 1.54) is 0 Å². The minimum Gasteiger partial charge on any atom is -0.354 e. The summed E-state index contributed by atoms with van der Waals surface area (Å²) in [6.45, 7) is 14.7. The second-order valence-corrected chi connectivity index (χ2v) is 10.2. The second kappa shape index (κ2) is 11.6. The molecule has 0 aromatic carbocycles. The predicted molar refractivity (Wildman–Crippen MR) is 128 cm³/mol. The number of anilines is 1. The van der Waals surface area contributed by atoms with Gasteiger partial charge in [0.05, 0.1) is 0 Å². The van der Waals surface area contributed by atoms with Gasteiger partial charge < -0.3 is 15.1 Å². The molecular weight excluding hydrogens is 402 g/mol. The Kier molecular flexibility index (Phi) is 8.91. The van der Waals surface area contributed by atoms with Crippen LogP contribution in [0.25, 0.3) is 0 Å². The largest absolute Gasteiger partial charge is 0.354 e. The molecular formula is C25H41N5O2. The Bertz CT molecular complexity index is 731. The molecule has 1 N–H and O–H groups in total. The number of likely N-dealkylation sites (tertiary alicyclic amines) is 1. The molecule has 1 aromatic rings. The number of pyridine rings is 1. The second-order valence-electron chi connectivity index (χ2n) is 10.2. The molecule has 0 radical (unpaired) electrons. The summed E-state index contributed by atoms with van der Waals surface area (Å²) >= 11 is 0. The van der Waals surface area contributed by atoms with Crippen LogP contribution in [0, 0.1) is 17.8 Å². The lowest BCUT2D eigenvalue weighted by atomic mass is 9.94. The van der Waals surface area contributed by atoms with E-state index >= 15 is 0 Å². The van der Waals surface area contributed by atoms with Crippen molar-refractivity contribution in [1.29, 1.82) is 0 Å². The van der Waals surface area contributed by atoms with Crippen LogP contribution in [0.5, 0.6) is 0 Å². The van der Waals surface area contributed by atoms with Crippen molar-refractivity contribution >= 4 is 17.6 Å². The van der Waals surface area contributed by atoms with E-state index in [-0.39, 0.29) is 23.7 Å². The summed E-state index contributed by atoms with van der Waals surface area (Å²) in [5.74, 6) is 1.98. The summed E-state index contributed by atoms with van der Waals surface area (Å²) in [5, 5.41) is 3.01. The summed E-state index contributed by atoms with van der Waals surface area (Å²) in [6.07, 6.45) is 4.51. The maximum atomic E-state index is 13.3. The molecule has 7 nitrogen and oxygen atoms in total. The van der Waals surface area contributed by atoms with E-state index in [0.29, 0.717) is 12.3 Å². The Morgan fingerprint density at radius 1 is 1.09 bits per heavy atom. The lowest BCUT2D eigenvalue weighted by Gasteiger charge is -2.40. The first-order valence-electron chi connectivity index (χ1n) is 12.3. The number of aromatic nitrogens is 1. The monoisotopic (exact) mass is 443 g/mol. The zero-order chi connectivity index (χ0) is 23.1. The summed E-state index contributed by atoms with van der Waals surface area (Å²) in [4.78, 5) is 36.9. The van der Waals surface area contributed by atoms with Crippen molar-refractivity contribution in [3.63, 3.8) is 0 Å². The highest BCUT2D eigenvalue weighted by Crippen LogP contribution is 2.21. The van der Waals surface area contributed by atoms with Gasteiger partial charge in [-0.25, -0.2) is 4.98 Å². The van der Waals surface area contributed by atoms with Crippen LogP contribution in [0.15, 0.2) is 24.4 Å². The van der Waals surface area contributed by atoms with Crippen molar-refractivity contribution in [3.8, 4) is 0 Å². The third-order valence-corrected chi connectivity index (χ3v) is 6.54. The molecule has 0 spiro atoms. The number of hydrogen-bond donors (Lipinski definition) is 1. The number of nitrogens with one attached hydrogen (secondary N) is 1. The van der Waals surface area contributed by atoms with Crippen LogP contribution < -0.4 is 10.2 Å². The molecule has 3 rings (SSSR count). The van der Waals surface area contributed by atoms with E-state index in [9.17, 15) is 9.59 Å². The molecule has 2 amide bonds. The van der Waals surface area contributed by atoms with Crippen LogP contribution in [-0.2, 0) is 9.59 Å². The number of piperidine rings is 1. The van der Waals surface area contributed by atoms with Crippen molar-refractivity contribution in [2.75, 3.05) is 50.7 Å². The Hall–Kier alpha value is -2.15. The fourth-order valence-corrected chi connectivity index (χ4v) is 4.79. The molecule has 2 fully saturated rings. The minimum atomic E-state index is -0.429. The average Bonchev–Trinajstić information content (AvgIpc) is 2.78. The molecule has 3 heterocycles. The van der Waals surface area contributed by atoms with Gasteiger partial charge in [-0.2, -0.15) is 0 Å². The highest BCUT2D eigenvalue weighted by molar-refractivity contribution is 5.88. The number of hydrogen-bond acceptors (Lipinski definition) is 5. The lowest BCUT2D eigenvalue weighted by Crippen LogP contribution is -2.55. The first kappa shape index (κ1) is 24.5. The van der Waals surface area contributed by atoms with Gasteiger partial charge in [0, 0.05) is 58.4 Å². The zero-order valence-electron chi connectivity index (χ0n) is 20.3. The summed E-state index contributed by atoms with van der Waals surface area (Å²) < 4.78 is 0. The average molecular weight is 444 g/mol. The van der Waals surface area contributed by atoms with Gasteiger partial charge in [0.25, 0.3) is 0 Å². The third kappa shape index (κ3) is 6.92. The number of nitrogens with zero attached hydrogens (tertiary/aromatic N) is 4. The van der Waals surface area contributed by atoms with E-state index < -0.39 is 6.04 Å². The van der Waals surface area contributed by atoms with E-state index in [1.54, 1.807) is 0 Å². The van der Waals surface area contributed by atoms with Crippen molar-refractivity contribution in [1.82, 2.24) is 20.1 Å². The SMILES string of the molecule is CC(C)CC(=O)N[C@H](C(=O)N1CCC[C@@H](CN2CCN(c3ccccn3)CC2)C1)C(C)C. The standard InChI is InChI=1S/C25H41N5O2/c1-19(2)16-23(31)27-24(20(3)4)25(32)30-11-7-8-21(18-30)17-28-12-14-29(15-13-28)22-9-5-6-10-26-22/h5-6,9-10,19-21,24H,7-8,11-18H2,1-4H3,(H,27,31)/t21-,24-/m0/s1. The smallest absolute Gasteiger partial charge is 0.245 e. The normalized spacial score (nSPS) is 21.1. The first-order chi connectivity index (χ1) is 15.3. The number of carbonyl (C=O) groups excluding carboxylic acids is 2. The van der Waals surface area contributed by atoms with Gasteiger partial charge in [0.2, 0.25) is 11.8 Å². The van der Waals surface area contributed by atoms with Gasteiger partial charge in [-0.15, -0.1) is 0 Å². The maximum absolute atomic E-state index is 13.3. The zero-order valence-corrected chi connectivity index (χ0v) is 20.3. The van der Waals surface area contributed by atoms with E-state index in [2.05, 4.69) is 26.2 Å². The van der Waals surface area contributed by atoms with Gasteiger partial charge in [-0.3, -0.25) is 14.5 Å². The van der Waals surface area contributed by atoms with Crippen LogP contribution in [-0.4, -0.2) is 78.5 Å². The molecule has 7 heteroatoms. The Morgan fingerprint density at radius 3 is 2.47 bits per heavy atom. The number of rotatable bonds is 8. The van der Waals surface area contributed by atoms with Crippen LogP contribution >= 0.6 is 0 Å². The fourth-order valence-electron chi connectivity index (χ4n) is 4.79.